The van der Waals surface area contributed by atoms with E-state index in [-0.39, 0.29) is 30.8 Å². The first-order chi connectivity index (χ1) is 12.1. The third kappa shape index (κ3) is 5.47. The van der Waals surface area contributed by atoms with Gasteiger partial charge in [0.15, 0.2) is 5.76 Å². The molecule has 1 atom stereocenters. The number of carbonyl (C=O) groups excluding carboxylic acids is 1. The molecule has 1 amide bonds. The number of carboxylic acids is 1. The largest absolute Gasteiger partial charge is 0.481 e. The maximum absolute atomic E-state index is 12.4. The molecule has 1 unspecified atom stereocenters. The maximum atomic E-state index is 12.4. The Bertz CT molecular complexity index is 713. The van der Waals surface area contributed by atoms with Crippen LogP contribution in [0.1, 0.15) is 42.7 Å². The van der Waals surface area contributed by atoms with Crippen molar-refractivity contribution in [3.8, 4) is 0 Å². The molecular weight excluding hydrogens is 356 g/mol. The maximum Gasteiger partial charge on any atom is 0.303 e. The third-order valence-electron chi connectivity index (χ3n) is 4.61. The zero-order valence-corrected chi connectivity index (χ0v) is 15.5. The molecule has 0 aliphatic carbocycles. The van der Waals surface area contributed by atoms with Crippen molar-refractivity contribution in [3.63, 3.8) is 0 Å². The van der Waals surface area contributed by atoms with Gasteiger partial charge in [-0.2, -0.15) is 0 Å². The number of halogens is 1. The number of likely N-dealkylation sites (tertiary alicyclic amines) is 1. The average molecular weight is 381 g/mol. The van der Waals surface area contributed by atoms with Crippen LogP contribution in [0.25, 0.3) is 11.0 Å². The van der Waals surface area contributed by atoms with Gasteiger partial charge in [0.1, 0.15) is 5.58 Å². The number of benzene rings is 1. The fourth-order valence-electron chi connectivity index (χ4n) is 3.34. The summed E-state index contributed by atoms with van der Waals surface area (Å²) >= 11 is 0. The van der Waals surface area contributed by atoms with Crippen molar-refractivity contribution in [2.24, 2.45) is 0 Å². The summed E-state index contributed by atoms with van der Waals surface area (Å²) in [5, 5.41) is 12.7. The highest BCUT2D eigenvalue weighted by atomic mass is 35.5. The second-order valence-corrected chi connectivity index (χ2v) is 6.61. The molecule has 2 N–H and O–H groups in total. The number of hydrogen-bond donors (Lipinski definition) is 2. The standard InChI is InChI=1S/C19H24N2O4.ClH/c22-18(23)9-3-4-10-21-11-5-7-15(13-21)20-19(24)17-12-14-6-1-2-8-16(14)25-17;/h1-2,6,8,12,15H,3-5,7,9-11,13H2,(H,20,24)(H,22,23);1H. The number of carbonyl (C=O) groups is 2. The van der Waals surface area contributed by atoms with E-state index in [9.17, 15) is 9.59 Å². The smallest absolute Gasteiger partial charge is 0.303 e. The van der Waals surface area contributed by atoms with Crippen LogP contribution in [0.2, 0.25) is 0 Å². The summed E-state index contributed by atoms with van der Waals surface area (Å²) in [6.45, 7) is 2.69. The Morgan fingerprint density at radius 2 is 2.08 bits per heavy atom. The first-order valence-corrected chi connectivity index (χ1v) is 8.85. The number of nitrogens with zero attached hydrogens (tertiary/aromatic N) is 1. The number of unbranched alkanes of at least 4 members (excludes halogenated alkanes) is 1. The van der Waals surface area contributed by atoms with Crippen LogP contribution in [0.5, 0.6) is 0 Å². The van der Waals surface area contributed by atoms with E-state index in [0.29, 0.717) is 12.2 Å². The lowest BCUT2D eigenvalue weighted by molar-refractivity contribution is -0.137. The van der Waals surface area contributed by atoms with Crippen LogP contribution >= 0.6 is 12.4 Å². The second-order valence-electron chi connectivity index (χ2n) is 6.61. The molecule has 1 aromatic heterocycles. The first kappa shape index (κ1) is 20.3. The zero-order chi connectivity index (χ0) is 17.6. The molecule has 1 saturated heterocycles. The number of hydrogen-bond acceptors (Lipinski definition) is 4. The Labute approximate surface area is 158 Å². The molecule has 142 valence electrons. The summed E-state index contributed by atoms with van der Waals surface area (Å²) in [5.74, 6) is -0.566. The predicted octanol–water partition coefficient (Wildman–Crippen LogP) is 3.30. The van der Waals surface area contributed by atoms with E-state index in [1.165, 1.54) is 0 Å². The zero-order valence-electron chi connectivity index (χ0n) is 14.6. The van der Waals surface area contributed by atoms with Gasteiger partial charge in [-0.05, 0) is 50.9 Å². The van der Waals surface area contributed by atoms with Gasteiger partial charge in [-0.3, -0.25) is 9.59 Å². The van der Waals surface area contributed by atoms with E-state index in [0.717, 1.165) is 49.9 Å². The van der Waals surface area contributed by atoms with Crippen LogP contribution in [-0.4, -0.2) is 47.6 Å². The first-order valence-electron chi connectivity index (χ1n) is 8.85. The monoisotopic (exact) mass is 380 g/mol. The SMILES string of the molecule is Cl.O=C(O)CCCCN1CCCC(NC(=O)c2cc3ccccc3o2)C1. The van der Waals surface area contributed by atoms with Crippen LogP contribution in [0.15, 0.2) is 34.7 Å². The van der Waals surface area contributed by atoms with Gasteiger partial charge >= 0.3 is 5.97 Å². The molecule has 1 aliphatic heterocycles. The summed E-state index contributed by atoms with van der Waals surface area (Å²) < 4.78 is 5.62. The van der Waals surface area contributed by atoms with Crippen molar-refractivity contribution in [2.75, 3.05) is 19.6 Å². The number of furan rings is 1. The highest BCUT2D eigenvalue weighted by Crippen LogP contribution is 2.19. The second kappa shape index (κ2) is 9.59. The van der Waals surface area contributed by atoms with Crippen LogP contribution in [0.4, 0.5) is 0 Å². The molecule has 3 rings (SSSR count). The van der Waals surface area contributed by atoms with Crippen LogP contribution in [-0.2, 0) is 4.79 Å². The summed E-state index contributed by atoms with van der Waals surface area (Å²) in [6.07, 6.45) is 3.78. The van der Waals surface area contributed by atoms with E-state index in [4.69, 9.17) is 9.52 Å². The summed E-state index contributed by atoms with van der Waals surface area (Å²) in [5.41, 5.74) is 0.719. The number of carboxylic acid groups (broad SMARTS) is 1. The fourth-order valence-corrected chi connectivity index (χ4v) is 3.34. The number of para-hydroxylation sites is 1. The molecule has 7 heteroatoms. The molecular formula is C19H25ClN2O4. The molecule has 1 aliphatic rings. The van der Waals surface area contributed by atoms with E-state index in [1.807, 2.05) is 24.3 Å². The van der Waals surface area contributed by atoms with Crippen LogP contribution < -0.4 is 5.32 Å². The van der Waals surface area contributed by atoms with Gasteiger partial charge in [-0.15, -0.1) is 12.4 Å². The minimum atomic E-state index is -0.741. The van der Waals surface area contributed by atoms with E-state index in [1.54, 1.807) is 6.07 Å². The van der Waals surface area contributed by atoms with E-state index < -0.39 is 5.97 Å². The van der Waals surface area contributed by atoms with Gasteiger partial charge in [-0.1, -0.05) is 18.2 Å². The number of piperidine rings is 1. The van der Waals surface area contributed by atoms with Gasteiger partial charge in [0.25, 0.3) is 5.91 Å². The highest BCUT2D eigenvalue weighted by molar-refractivity contribution is 5.96. The molecule has 0 radical (unpaired) electrons. The summed E-state index contributed by atoms with van der Waals surface area (Å²) in [4.78, 5) is 25.3. The van der Waals surface area contributed by atoms with Crippen molar-refractivity contribution in [1.82, 2.24) is 10.2 Å². The molecule has 26 heavy (non-hydrogen) atoms. The summed E-state index contributed by atoms with van der Waals surface area (Å²) in [7, 11) is 0. The minimum Gasteiger partial charge on any atom is -0.481 e. The minimum absolute atomic E-state index is 0. The fraction of sp³-hybridized carbons (Fsp3) is 0.474. The Kier molecular flexibility index (Phi) is 7.48. The number of aliphatic carboxylic acids is 1. The molecule has 1 fully saturated rings. The van der Waals surface area contributed by atoms with E-state index in [2.05, 4.69) is 10.2 Å². The number of nitrogens with one attached hydrogen (secondary N) is 1. The average Bonchev–Trinajstić information content (AvgIpc) is 3.03. The van der Waals surface area contributed by atoms with Crippen molar-refractivity contribution < 1.29 is 19.1 Å². The predicted molar refractivity (Wildman–Crippen MR) is 102 cm³/mol. The highest BCUT2D eigenvalue weighted by Gasteiger charge is 2.23. The number of fused-ring (bicyclic) bond motifs is 1. The van der Waals surface area contributed by atoms with Crippen LogP contribution in [0, 0.1) is 0 Å². The molecule has 1 aromatic carbocycles. The molecule has 0 saturated carbocycles. The van der Waals surface area contributed by atoms with Crippen LogP contribution in [0.3, 0.4) is 0 Å². The van der Waals surface area contributed by atoms with Crippen molar-refractivity contribution in [3.05, 3.63) is 36.1 Å². The van der Waals surface area contributed by atoms with Gasteiger partial charge in [0.05, 0.1) is 0 Å². The number of amides is 1. The number of rotatable bonds is 7. The lowest BCUT2D eigenvalue weighted by atomic mass is 10.0. The van der Waals surface area contributed by atoms with Crippen molar-refractivity contribution in [1.29, 1.82) is 0 Å². The van der Waals surface area contributed by atoms with E-state index >= 15 is 0 Å². The van der Waals surface area contributed by atoms with Gasteiger partial charge in [-0.25, -0.2) is 0 Å². The topological polar surface area (TPSA) is 82.8 Å². The Balaban J connectivity index is 0.00000243. The van der Waals surface area contributed by atoms with Gasteiger partial charge < -0.3 is 19.7 Å². The van der Waals surface area contributed by atoms with Crippen molar-refractivity contribution >= 4 is 35.3 Å². The molecule has 0 spiro atoms. The van der Waals surface area contributed by atoms with Gasteiger partial charge in [0.2, 0.25) is 0 Å². The molecule has 0 bridgehead atoms. The lowest BCUT2D eigenvalue weighted by Gasteiger charge is -2.32. The lowest BCUT2D eigenvalue weighted by Crippen LogP contribution is -2.47. The van der Waals surface area contributed by atoms with Crippen molar-refractivity contribution in [2.45, 2.75) is 38.1 Å². The Hall–Kier alpha value is -2.05. The molecule has 6 nitrogen and oxygen atoms in total. The van der Waals surface area contributed by atoms with Gasteiger partial charge in [0, 0.05) is 24.4 Å². The molecule has 2 heterocycles. The normalized spacial score (nSPS) is 17.6. The summed E-state index contributed by atoms with van der Waals surface area (Å²) in [6, 6.07) is 9.46. The molecule has 2 aromatic rings. The third-order valence-corrected chi connectivity index (χ3v) is 4.61. The Morgan fingerprint density at radius 3 is 2.85 bits per heavy atom. The Morgan fingerprint density at radius 1 is 1.27 bits per heavy atom. The quantitative estimate of drug-likeness (QED) is 0.720.